The van der Waals surface area contributed by atoms with Crippen molar-refractivity contribution in [2.45, 2.75) is 31.0 Å². The molecule has 0 radical (unpaired) electrons. The molecule has 0 fully saturated rings. The molecule has 1 atom stereocenters. The fourth-order valence-corrected chi connectivity index (χ4v) is 5.90. The van der Waals surface area contributed by atoms with Crippen molar-refractivity contribution in [2.24, 2.45) is 0 Å². The summed E-state index contributed by atoms with van der Waals surface area (Å²) in [5.74, 6) is 0.712. The first kappa shape index (κ1) is 22.8. The van der Waals surface area contributed by atoms with Crippen LogP contribution in [0, 0.1) is 0 Å². The first-order valence-electron chi connectivity index (χ1n) is 10.1. The molecule has 0 spiro atoms. The van der Waals surface area contributed by atoms with Crippen molar-refractivity contribution in [1.29, 1.82) is 0 Å². The topological polar surface area (TPSA) is 84.4 Å². The number of hydrogen-bond acceptors (Lipinski definition) is 8. The van der Waals surface area contributed by atoms with Crippen molar-refractivity contribution in [3.05, 3.63) is 70.4 Å². The van der Waals surface area contributed by atoms with Crippen LogP contribution in [-0.2, 0) is 23.1 Å². The maximum Gasteiger partial charge on any atom is 0.242 e. The molecule has 4 rings (SSSR count). The van der Waals surface area contributed by atoms with Gasteiger partial charge in [0.05, 0.1) is 11.7 Å². The second-order valence-electron chi connectivity index (χ2n) is 7.62. The first-order chi connectivity index (χ1) is 15.4. The molecule has 0 saturated carbocycles. The second-order valence-corrected chi connectivity index (χ2v) is 10.7. The molecule has 0 bridgehead atoms. The number of hydrogen-bond donors (Lipinski definition) is 1. The van der Waals surface area contributed by atoms with Crippen LogP contribution in [0.5, 0.6) is 5.75 Å². The maximum atomic E-state index is 12.8. The molecule has 0 unspecified atom stereocenters. The molecule has 2 aromatic heterocycles. The summed E-state index contributed by atoms with van der Waals surface area (Å²) in [7, 11) is -1.64. The molecule has 2 heterocycles. The maximum absolute atomic E-state index is 12.8. The third kappa shape index (κ3) is 5.70. The van der Waals surface area contributed by atoms with Crippen LogP contribution in [-0.4, -0.2) is 41.8 Å². The zero-order valence-electron chi connectivity index (χ0n) is 17.8. The zero-order valence-corrected chi connectivity index (χ0v) is 20.2. The van der Waals surface area contributed by atoms with Gasteiger partial charge in [-0.15, -0.1) is 0 Å². The summed E-state index contributed by atoms with van der Waals surface area (Å²) in [5, 5.41) is 4.24. The molecule has 0 aliphatic carbocycles. The molecule has 0 saturated heterocycles. The highest BCUT2D eigenvalue weighted by molar-refractivity contribution is 7.89. The summed E-state index contributed by atoms with van der Waals surface area (Å²) in [6.45, 7) is 3.65. The highest BCUT2D eigenvalue weighted by atomic mass is 32.2. The summed E-state index contributed by atoms with van der Waals surface area (Å²) in [4.78, 5) is 2.37. The molecule has 10 heteroatoms. The van der Waals surface area contributed by atoms with E-state index in [2.05, 4.69) is 48.3 Å². The number of thiophene rings is 1. The Morgan fingerprint density at radius 3 is 2.72 bits per heavy atom. The Labute approximate surface area is 196 Å². The molecular formula is C22H24N4O3S3. The summed E-state index contributed by atoms with van der Waals surface area (Å²) >= 11 is 2.70. The van der Waals surface area contributed by atoms with Gasteiger partial charge in [-0.3, -0.25) is 4.90 Å². The van der Waals surface area contributed by atoms with Gasteiger partial charge in [0, 0.05) is 19.6 Å². The van der Waals surface area contributed by atoms with Crippen molar-refractivity contribution in [2.75, 3.05) is 13.6 Å². The van der Waals surface area contributed by atoms with Crippen LogP contribution < -0.4 is 9.46 Å². The van der Waals surface area contributed by atoms with E-state index in [1.165, 1.54) is 11.6 Å². The molecule has 4 aromatic rings. The third-order valence-electron chi connectivity index (χ3n) is 4.82. The zero-order chi connectivity index (χ0) is 22.6. The quantitative estimate of drug-likeness (QED) is 0.361. The average molecular weight is 489 g/mol. The van der Waals surface area contributed by atoms with Crippen LogP contribution in [0.15, 0.2) is 64.2 Å². The van der Waals surface area contributed by atoms with Gasteiger partial charge in [0.1, 0.15) is 27.8 Å². The van der Waals surface area contributed by atoms with E-state index in [4.69, 9.17) is 4.74 Å². The summed E-state index contributed by atoms with van der Waals surface area (Å²) in [6.07, 6.45) is -0.351. The number of aromatic nitrogens is 2. The largest absolute Gasteiger partial charge is 0.489 e. The number of sulfonamides is 1. The molecular weight excluding hydrogens is 464 g/mol. The number of benzene rings is 2. The van der Waals surface area contributed by atoms with Gasteiger partial charge in [-0.05, 0) is 66.2 Å². The van der Waals surface area contributed by atoms with E-state index >= 15 is 0 Å². The predicted molar refractivity (Wildman–Crippen MR) is 129 cm³/mol. The molecule has 168 valence electrons. The number of nitrogens with zero attached hydrogens (tertiary/aromatic N) is 3. The lowest BCUT2D eigenvalue weighted by Crippen LogP contribution is -2.33. The highest BCUT2D eigenvalue weighted by Crippen LogP contribution is 2.21. The van der Waals surface area contributed by atoms with Crippen LogP contribution in [0.3, 0.4) is 0 Å². The third-order valence-corrected chi connectivity index (χ3v) is 7.55. The summed E-state index contributed by atoms with van der Waals surface area (Å²) < 4.78 is 42.4. The smallest absolute Gasteiger partial charge is 0.242 e. The minimum atomic E-state index is -3.72. The van der Waals surface area contributed by atoms with Gasteiger partial charge in [0.2, 0.25) is 10.0 Å². The van der Waals surface area contributed by atoms with Gasteiger partial charge in [-0.25, -0.2) is 13.1 Å². The van der Waals surface area contributed by atoms with E-state index in [0.717, 1.165) is 30.4 Å². The molecule has 7 nitrogen and oxygen atoms in total. The fraction of sp³-hybridized carbons (Fsp3) is 0.273. The van der Waals surface area contributed by atoms with Crippen molar-refractivity contribution >= 4 is 44.1 Å². The van der Waals surface area contributed by atoms with E-state index < -0.39 is 10.0 Å². The minimum Gasteiger partial charge on any atom is -0.489 e. The van der Waals surface area contributed by atoms with Crippen molar-refractivity contribution in [3.8, 4) is 5.75 Å². The molecule has 0 aliphatic rings. The van der Waals surface area contributed by atoms with Gasteiger partial charge in [-0.2, -0.15) is 20.1 Å². The van der Waals surface area contributed by atoms with Crippen molar-refractivity contribution < 1.29 is 13.2 Å². The van der Waals surface area contributed by atoms with Crippen molar-refractivity contribution in [3.63, 3.8) is 0 Å². The lowest BCUT2D eigenvalue weighted by molar-refractivity contribution is 0.224. The predicted octanol–water partition coefficient (Wildman–Crippen LogP) is 4.13. The molecule has 2 aromatic carbocycles. The Morgan fingerprint density at radius 2 is 1.91 bits per heavy atom. The first-order valence-corrected chi connectivity index (χ1v) is 13.2. The lowest BCUT2D eigenvalue weighted by atomic mass is 10.2. The Kier molecular flexibility index (Phi) is 7.17. The number of rotatable bonds is 10. The van der Waals surface area contributed by atoms with Crippen LogP contribution in [0.4, 0.5) is 0 Å². The normalized spacial score (nSPS) is 13.0. The fourth-order valence-electron chi connectivity index (χ4n) is 3.36. The Morgan fingerprint density at radius 1 is 1.09 bits per heavy atom. The molecule has 32 heavy (non-hydrogen) atoms. The van der Waals surface area contributed by atoms with E-state index in [1.54, 1.807) is 23.5 Å². The summed E-state index contributed by atoms with van der Waals surface area (Å²) in [5.41, 5.74) is 3.39. The monoisotopic (exact) mass is 488 g/mol. The van der Waals surface area contributed by atoms with E-state index in [0.29, 0.717) is 16.8 Å². The highest BCUT2D eigenvalue weighted by Gasteiger charge is 2.20. The lowest BCUT2D eigenvalue weighted by Gasteiger charge is -2.18. The van der Waals surface area contributed by atoms with Gasteiger partial charge in [0.25, 0.3) is 0 Å². The van der Waals surface area contributed by atoms with Gasteiger partial charge in [-0.1, -0.05) is 18.2 Å². The van der Waals surface area contributed by atoms with Gasteiger partial charge >= 0.3 is 0 Å². The van der Waals surface area contributed by atoms with Crippen LogP contribution in [0.2, 0.25) is 0 Å². The van der Waals surface area contributed by atoms with Gasteiger partial charge in [0.15, 0.2) is 0 Å². The van der Waals surface area contributed by atoms with E-state index in [9.17, 15) is 8.42 Å². The Hall–Kier alpha value is -2.37. The van der Waals surface area contributed by atoms with E-state index in [-0.39, 0.29) is 17.5 Å². The van der Waals surface area contributed by atoms with Crippen molar-refractivity contribution in [1.82, 2.24) is 18.4 Å². The SMILES string of the molecule is C[C@@H](CNS(=O)(=O)c1cccc2nsnc12)Oc1cccc(CN(C)Cc2ccsc2)c1. The molecule has 0 amide bonds. The summed E-state index contributed by atoms with van der Waals surface area (Å²) in [6, 6.07) is 15.0. The van der Waals surface area contributed by atoms with Crippen LogP contribution >= 0.6 is 23.1 Å². The molecule has 0 aliphatic heterocycles. The number of ether oxygens (including phenoxy) is 1. The number of nitrogens with one attached hydrogen (secondary N) is 1. The minimum absolute atomic E-state index is 0.131. The van der Waals surface area contributed by atoms with Crippen LogP contribution in [0.25, 0.3) is 11.0 Å². The molecule has 1 N–H and O–H groups in total. The number of fused-ring (bicyclic) bond motifs is 1. The Bertz CT molecular complexity index is 1270. The van der Waals surface area contributed by atoms with Crippen LogP contribution in [0.1, 0.15) is 18.1 Å². The van der Waals surface area contributed by atoms with Gasteiger partial charge < -0.3 is 4.74 Å². The Balaban J connectivity index is 1.34. The second kappa shape index (κ2) is 10.1. The average Bonchev–Trinajstić information content (AvgIpc) is 3.44. The standard InChI is InChI=1S/C22H24N4O3S3/c1-16(12-23-32(27,28)21-8-4-7-20-22(21)25-31-24-20)29-19-6-3-5-17(11-19)13-26(2)14-18-9-10-30-15-18/h3-11,15-16,23H,12-14H2,1-2H3/t16-/m0/s1. The van der Waals surface area contributed by atoms with E-state index in [1.807, 2.05) is 25.1 Å².